The van der Waals surface area contributed by atoms with Crippen molar-refractivity contribution >= 4 is 11.7 Å². The molecule has 4 heteroatoms. The first kappa shape index (κ1) is 7.53. The number of rotatable bonds is 1. The Kier molecular flexibility index (Phi) is 1.76. The molecule has 1 aromatic heterocycles. The Balaban J connectivity index is 3.20. The van der Waals surface area contributed by atoms with Gasteiger partial charge in [0.2, 0.25) is 0 Å². The molecule has 1 aromatic rings. The number of nitrogens with zero attached hydrogens (tertiary/aromatic N) is 1. The van der Waals surface area contributed by atoms with Crippen molar-refractivity contribution in [1.29, 1.82) is 5.41 Å². The van der Waals surface area contributed by atoms with E-state index in [-0.39, 0.29) is 5.84 Å². The largest absolute Gasteiger partial charge is 0.384 e. The second-order valence-corrected chi connectivity index (χ2v) is 2.28. The van der Waals surface area contributed by atoms with Gasteiger partial charge in [-0.1, -0.05) is 0 Å². The summed E-state index contributed by atoms with van der Waals surface area (Å²) in [6.45, 7) is 1.77. The van der Waals surface area contributed by atoms with Gasteiger partial charge in [0.05, 0.1) is 5.69 Å². The number of anilines is 1. The van der Waals surface area contributed by atoms with Crippen LogP contribution in [-0.4, -0.2) is 10.8 Å². The zero-order chi connectivity index (χ0) is 8.43. The standard InChI is InChI=1S/C7H10N4/c1-4-5(7(9)10)2-3-6(8)11-4/h2-3H,1H3,(H2,8,11)(H3,9,10). The molecule has 0 aliphatic rings. The third kappa shape index (κ3) is 1.46. The maximum Gasteiger partial charge on any atom is 0.124 e. The second-order valence-electron chi connectivity index (χ2n) is 2.28. The summed E-state index contributed by atoms with van der Waals surface area (Å²) in [7, 11) is 0. The average molecular weight is 150 g/mol. The third-order valence-electron chi connectivity index (χ3n) is 1.40. The summed E-state index contributed by atoms with van der Waals surface area (Å²) in [6.07, 6.45) is 0. The molecule has 5 N–H and O–H groups in total. The average Bonchev–Trinajstić information content (AvgIpc) is 1.85. The van der Waals surface area contributed by atoms with Gasteiger partial charge in [0.25, 0.3) is 0 Å². The van der Waals surface area contributed by atoms with Crippen LogP contribution in [0.15, 0.2) is 12.1 Å². The summed E-state index contributed by atoms with van der Waals surface area (Å²) in [5.41, 5.74) is 12.0. The van der Waals surface area contributed by atoms with Crippen LogP contribution in [0.5, 0.6) is 0 Å². The van der Waals surface area contributed by atoms with Crippen LogP contribution in [-0.2, 0) is 0 Å². The molecule has 0 saturated carbocycles. The van der Waals surface area contributed by atoms with E-state index in [0.29, 0.717) is 17.1 Å². The first-order chi connectivity index (χ1) is 5.11. The van der Waals surface area contributed by atoms with Gasteiger partial charge in [-0.05, 0) is 19.1 Å². The van der Waals surface area contributed by atoms with Crippen molar-refractivity contribution in [2.75, 3.05) is 5.73 Å². The molecular formula is C7H10N4. The summed E-state index contributed by atoms with van der Waals surface area (Å²) in [5.74, 6) is 0.475. The number of nitrogen functional groups attached to an aromatic ring is 2. The van der Waals surface area contributed by atoms with E-state index in [2.05, 4.69) is 4.98 Å². The van der Waals surface area contributed by atoms with Crippen LogP contribution in [0.1, 0.15) is 11.3 Å². The number of aryl methyl sites for hydroxylation is 1. The predicted molar refractivity (Wildman–Crippen MR) is 44.4 cm³/mol. The number of aromatic nitrogens is 1. The lowest BCUT2D eigenvalue weighted by atomic mass is 10.2. The van der Waals surface area contributed by atoms with Crippen molar-refractivity contribution in [3.63, 3.8) is 0 Å². The summed E-state index contributed by atoms with van der Waals surface area (Å²) >= 11 is 0. The fourth-order valence-corrected chi connectivity index (χ4v) is 0.865. The monoisotopic (exact) mass is 150 g/mol. The quantitative estimate of drug-likeness (QED) is 0.396. The molecule has 0 atom stereocenters. The Labute approximate surface area is 64.7 Å². The molecule has 1 rings (SSSR count). The van der Waals surface area contributed by atoms with Gasteiger partial charge in [0.1, 0.15) is 11.7 Å². The van der Waals surface area contributed by atoms with E-state index in [1.165, 1.54) is 0 Å². The maximum atomic E-state index is 7.14. The maximum absolute atomic E-state index is 7.14. The minimum Gasteiger partial charge on any atom is -0.384 e. The summed E-state index contributed by atoms with van der Waals surface area (Å²) in [4.78, 5) is 3.95. The first-order valence-electron chi connectivity index (χ1n) is 3.19. The fourth-order valence-electron chi connectivity index (χ4n) is 0.865. The summed E-state index contributed by atoms with van der Waals surface area (Å²) in [6, 6.07) is 3.32. The molecule has 0 unspecified atom stereocenters. The van der Waals surface area contributed by atoms with Crippen LogP contribution in [0.2, 0.25) is 0 Å². The van der Waals surface area contributed by atoms with Gasteiger partial charge in [-0.25, -0.2) is 4.98 Å². The van der Waals surface area contributed by atoms with Gasteiger partial charge < -0.3 is 11.5 Å². The van der Waals surface area contributed by atoms with Crippen molar-refractivity contribution in [3.05, 3.63) is 23.4 Å². The lowest BCUT2D eigenvalue weighted by molar-refractivity contribution is 1.19. The lowest BCUT2D eigenvalue weighted by Gasteiger charge is -2.02. The van der Waals surface area contributed by atoms with Gasteiger partial charge in [0.15, 0.2) is 0 Å². The molecule has 0 radical (unpaired) electrons. The molecule has 0 aromatic carbocycles. The topological polar surface area (TPSA) is 88.8 Å². The van der Waals surface area contributed by atoms with Crippen molar-refractivity contribution < 1.29 is 0 Å². The molecular weight excluding hydrogens is 140 g/mol. The minimum atomic E-state index is 0.0231. The van der Waals surface area contributed by atoms with Gasteiger partial charge >= 0.3 is 0 Å². The number of pyridine rings is 1. The van der Waals surface area contributed by atoms with Crippen molar-refractivity contribution in [1.82, 2.24) is 4.98 Å². The highest BCUT2D eigenvalue weighted by Gasteiger charge is 2.01. The lowest BCUT2D eigenvalue weighted by Crippen LogP contribution is -2.13. The van der Waals surface area contributed by atoms with Crippen molar-refractivity contribution in [2.45, 2.75) is 6.92 Å². The molecule has 0 amide bonds. The number of nitrogens with one attached hydrogen (secondary N) is 1. The number of nitrogens with two attached hydrogens (primary N) is 2. The number of amidine groups is 1. The Morgan fingerprint density at radius 2 is 2.18 bits per heavy atom. The van der Waals surface area contributed by atoms with Gasteiger partial charge in [-0.2, -0.15) is 0 Å². The zero-order valence-corrected chi connectivity index (χ0v) is 6.26. The van der Waals surface area contributed by atoms with Crippen LogP contribution in [0.4, 0.5) is 5.82 Å². The van der Waals surface area contributed by atoms with Gasteiger partial charge in [0, 0.05) is 5.56 Å². The van der Waals surface area contributed by atoms with Crippen molar-refractivity contribution in [3.8, 4) is 0 Å². The van der Waals surface area contributed by atoms with E-state index >= 15 is 0 Å². The molecule has 0 aliphatic carbocycles. The highest BCUT2D eigenvalue weighted by atomic mass is 14.8. The third-order valence-corrected chi connectivity index (χ3v) is 1.40. The Morgan fingerprint density at radius 3 is 2.64 bits per heavy atom. The molecule has 0 fully saturated rings. The van der Waals surface area contributed by atoms with Crippen LogP contribution in [0.25, 0.3) is 0 Å². The van der Waals surface area contributed by atoms with Gasteiger partial charge in [-0.3, -0.25) is 5.41 Å². The number of hydrogen-bond acceptors (Lipinski definition) is 3. The Bertz CT molecular complexity index is 292. The van der Waals surface area contributed by atoms with E-state index < -0.39 is 0 Å². The highest BCUT2D eigenvalue weighted by molar-refractivity contribution is 5.96. The SMILES string of the molecule is Cc1nc(N)ccc1C(=N)N. The molecule has 0 bridgehead atoms. The highest BCUT2D eigenvalue weighted by Crippen LogP contribution is 2.06. The second kappa shape index (κ2) is 2.57. The van der Waals surface area contributed by atoms with Crippen LogP contribution >= 0.6 is 0 Å². The molecule has 0 spiro atoms. The normalized spacial score (nSPS) is 9.55. The number of hydrogen-bond donors (Lipinski definition) is 3. The van der Waals surface area contributed by atoms with E-state index in [0.717, 1.165) is 0 Å². The van der Waals surface area contributed by atoms with E-state index in [1.807, 2.05) is 0 Å². The molecule has 0 aliphatic heterocycles. The molecule has 4 nitrogen and oxygen atoms in total. The predicted octanol–water partition coefficient (Wildman–Crippen LogP) is 0.256. The van der Waals surface area contributed by atoms with E-state index in [4.69, 9.17) is 16.9 Å². The Morgan fingerprint density at radius 1 is 1.55 bits per heavy atom. The smallest absolute Gasteiger partial charge is 0.124 e. The fraction of sp³-hybridized carbons (Fsp3) is 0.143. The van der Waals surface area contributed by atoms with E-state index in [9.17, 15) is 0 Å². The molecule has 0 saturated heterocycles. The van der Waals surface area contributed by atoms with Crippen LogP contribution in [0.3, 0.4) is 0 Å². The molecule has 58 valence electrons. The minimum absolute atomic E-state index is 0.0231. The zero-order valence-electron chi connectivity index (χ0n) is 6.26. The van der Waals surface area contributed by atoms with Crippen LogP contribution < -0.4 is 11.5 Å². The summed E-state index contributed by atoms with van der Waals surface area (Å²) < 4.78 is 0. The first-order valence-corrected chi connectivity index (χ1v) is 3.19. The summed E-state index contributed by atoms with van der Waals surface area (Å²) in [5, 5.41) is 7.14. The van der Waals surface area contributed by atoms with Crippen LogP contribution in [0, 0.1) is 12.3 Å². The molecule has 1 heterocycles. The Hall–Kier alpha value is -1.58. The molecule has 11 heavy (non-hydrogen) atoms. The van der Waals surface area contributed by atoms with Gasteiger partial charge in [-0.15, -0.1) is 0 Å². The van der Waals surface area contributed by atoms with Crippen molar-refractivity contribution in [2.24, 2.45) is 5.73 Å². The van der Waals surface area contributed by atoms with E-state index in [1.54, 1.807) is 19.1 Å².